The number of hydrogen-bond donors (Lipinski definition) is 0. The Morgan fingerprint density at radius 2 is 1.10 bits per heavy atom. The Morgan fingerprint density at radius 3 is 1.59 bits per heavy atom. The van der Waals surface area contributed by atoms with Crippen molar-refractivity contribution >= 4 is 5.97 Å². The zero-order valence-electron chi connectivity index (χ0n) is 22.0. The molecule has 0 spiro atoms. The predicted octanol–water partition coefficient (Wildman–Crippen LogP) is 9.49. The smallest absolute Gasteiger partial charge is 0.314 e. The Kier molecular flexibility index (Phi) is 10.8. The van der Waals surface area contributed by atoms with Crippen LogP contribution in [0.3, 0.4) is 0 Å². The van der Waals surface area contributed by atoms with Crippen LogP contribution in [0.1, 0.15) is 90.0 Å². The Bertz CT molecular complexity index is 1130. The Morgan fingerprint density at radius 1 is 0.641 bits per heavy atom. The van der Waals surface area contributed by atoms with Crippen LogP contribution in [-0.4, -0.2) is 5.97 Å². The Labute approximate surface area is 222 Å². The van der Waals surface area contributed by atoms with Gasteiger partial charge in [-0.2, -0.15) is 8.78 Å². The van der Waals surface area contributed by atoms with Gasteiger partial charge < -0.3 is 4.74 Å². The highest BCUT2D eigenvalue weighted by molar-refractivity contribution is 5.76. The number of halogens is 8. The number of benzene rings is 2. The Hall–Kier alpha value is -2.65. The normalized spacial score (nSPS) is 17.5. The van der Waals surface area contributed by atoms with Crippen molar-refractivity contribution in [2.45, 2.75) is 90.9 Å². The van der Waals surface area contributed by atoms with Gasteiger partial charge in [-0.1, -0.05) is 52.4 Å². The monoisotopic (exact) mass is 564 g/mol. The molecule has 2 nitrogen and oxygen atoms in total. The van der Waals surface area contributed by atoms with Crippen LogP contribution in [0.5, 0.6) is 5.75 Å². The molecule has 1 aliphatic rings. The van der Waals surface area contributed by atoms with E-state index >= 15 is 0 Å². The van der Waals surface area contributed by atoms with Crippen molar-refractivity contribution in [3.05, 3.63) is 52.1 Å². The lowest BCUT2D eigenvalue weighted by atomic mass is 9.81. The second kappa shape index (κ2) is 13.6. The number of carbonyl (C=O) groups is 1. The average Bonchev–Trinajstić information content (AvgIpc) is 2.94. The van der Waals surface area contributed by atoms with E-state index < -0.39 is 80.9 Å². The van der Waals surface area contributed by atoms with Crippen molar-refractivity contribution in [3.63, 3.8) is 0 Å². The molecule has 216 valence electrons. The van der Waals surface area contributed by atoms with E-state index in [0.29, 0.717) is 38.0 Å². The minimum atomic E-state index is -2.35. The zero-order chi connectivity index (χ0) is 28.9. The third-order valence-electron chi connectivity index (χ3n) is 7.57. The van der Waals surface area contributed by atoms with E-state index in [-0.39, 0.29) is 12.8 Å². The molecule has 2 aromatic carbocycles. The van der Waals surface area contributed by atoms with Crippen molar-refractivity contribution in [3.8, 4) is 16.9 Å². The van der Waals surface area contributed by atoms with Gasteiger partial charge in [0.1, 0.15) is 0 Å². The maximum atomic E-state index is 14.9. The van der Waals surface area contributed by atoms with Crippen LogP contribution in [0.15, 0.2) is 0 Å². The van der Waals surface area contributed by atoms with Crippen LogP contribution in [-0.2, 0) is 11.2 Å². The van der Waals surface area contributed by atoms with E-state index in [4.69, 9.17) is 0 Å². The molecule has 0 aromatic heterocycles. The van der Waals surface area contributed by atoms with Crippen LogP contribution in [0.4, 0.5) is 35.1 Å². The molecule has 1 aliphatic carbocycles. The van der Waals surface area contributed by atoms with Gasteiger partial charge in [0.05, 0.1) is 17.0 Å². The van der Waals surface area contributed by atoms with Gasteiger partial charge in [0, 0.05) is 5.56 Å². The van der Waals surface area contributed by atoms with Crippen molar-refractivity contribution in [2.24, 2.45) is 11.8 Å². The van der Waals surface area contributed by atoms with Crippen LogP contribution >= 0.6 is 0 Å². The summed E-state index contributed by atoms with van der Waals surface area (Å²) in [4.78, 5) is 12.4. The standard InChI is InChI=1S/C29H32F8O2/c1-3-5-6-7-8-9-10-17-20(30)22(32)18(23(33)21(17)31)19-24(34)26(36)28(27(37)25(19)35)39-29(38)16-13-11-15(4-2)12-14-16/h15-16H,3-14H2,1-2H3/t15-,16-. The third kappa shape index (κ3) is 6.57. The quantitative estimate of drug-likeness (QED) is 0.0893. The number of esters is 1. The molecule has 1 saturated carbocycles. The molecule has 0 atom stereocenters. The second-order valence-corrected chi connectivity index (χ2v) is 10.1. The highest BCUT2D eigenvalue weighted by Gasteiger charge is 2.36. The second-order valence-electron chi connectivity index (χ2n) is 10.1. The fourth-order valence-corrected chi connectivity index (χ4v) is 5.11. The summed E-state index contributed by atoms with van der Waals surface area (Å²) >= 11 is 0. The molecule has 0 unspecified atom stereocenters. The summed E-state index contributed by atoms with van der Waals surface area (Å²) in [5, 5.41) is 0. The van der Waals surface area contributed by atoms with Gasteiger partial charge in [-0.3, -0.25) is 4.79 Å². The highest BCUT2D eigenvalue weighted by atomic mass is 19.2. The van der Waals surface area contributed by atoms with Crippen LogP contribution < -0.4 is 4.74 Å². The van der Waals surface area contributed by atoms with Crippen LogP contribution in [0.2, 0.25) is 0 Å². The maximum absolute atomic E-state index is 14.9. The minimum Gasteiger partial charge on any atom is -0.420 e. The largest absolute Gasteiger partial charge is 0.420 e. The number of carbonyl (C=O) groups excluding carboxylic acids is 1. The number of unbranched alkanes of at least 4 members (excludes halogenated alkanes) is 5. The number of rotatable bonds is 11. The van der Waals surface area contributed by atoms with Gasteiger partial charge in [0.2, 0.25) is 17.4 Å². The fourth-order valence-electron chi connectivity index (χ4n) is 5.11. The maximum Gasteiger partial charge on any atom is 0.314 e. The van der Waals surface area contributed by atoms with Gasteiger partial charge in [-0.25, -0.2) is 26.3 Å². The predicted molar refractivity (Wildman–Crippen MR) is 130 cm³/mol. The molecule has 10 heteroatoms. The molecule has 1 fully saturated rings. The first-order valence-corrected chi connectivity index (χ1v) is 13.5. The first kappa shape index (κ1) is 30.9. The van der Waals surface area contributed by atoms with Crippen molar-refractivity contribution < 1.29 is 44.7 Å². The van der Waals surface area contributed by atoms with Gasteiger partial charge >= 0.3 is 5.97 Å². The lowest BCUT2D eigenvalue weighted by Crippen LogP contribution is -2.26. The Balaban J connectivity index is 1.92. The van der Waals surface area contributed by atoms with Gasteiger partial charge in [-0.15, -0.1) is 0 Å². The zero-order valence-corrected chi connectivity index (χ0v) is 22.0. The van der Waals surface area contributed by atoms with Gasteiger partial charge in [0.15, 0.2) is 34.9 Å². The first-order chi connectivity index (χ1) is 18.5. The van der Waals surface area contributed by atoms with E-state index in [1.54, 1.807) is 0 Å². The fraction of sp³-hybridized carbons (Fsp3) is 0.552. The van der Waals surface area contributed by atoms with E-state index in [1.165, 1.54) is 0 Å². The van der Waals surface area contributed by atoms with Crippen LogP contribution in [0, 0.1) is 58.4 Å². The summed E-state index contributed by atoms with van der Waals surface area (Å²) in [6.45, 7) is 3.98. The summed E-state index contributed by atoms with van der Waals surface area (Å²) in [6.07, 6.45) is 6.80. The van der Waals surface area contributed by atoms with E-state index in [0.717, 1.165) is 32.1 Å². The summed E-state index contributed by atoms with van der Waals surface area (Å²) in [5.74, 6) is -20.6. The molecule has 0 amide bonds. The summed E-state index contributed by atoms with van der Waals surface area (Å²) in [6, 6.07) is 0. The molecular weight excluding hydrogens is 532 g/mol. The van der Waals surface area contributed by atoms with E-state index in [2.05, 4.69) is 4.74 Å². The van der Waals surface area contributed by atoms with Gasteiger partial charge in [-0.05, 0) is 44.4 Å². The molecule has 0 saturated heterocycles. The molecule has 0 heterocycles. The third-order valence-corrected chi connectivity index (χ3v) is 7.57. The summed E-state index contributed by atoms with van der Waals surface area (Å²) in [7, 11) is 0. The van der Waals surface area contributed by atoms with Crippen molar-refractivity contribution in [2.75, 3.05) is 0 Å². The number of ether oxygens (including phenoxy) is 1. The van der Waals surface area contributed by atoms with Crippen LogP contribution in [0.25, 0.3) is 11.1 Å². The first-order valence-electron chi connectivity index (χ1n) is 13.5. The molecular formula is C29H32F8O2. The van der Waals surface area contributed by atoms with Crippen molar-refractivity contribution in [1.82, 2.24) is 0 Å². The van der Waals surface area contributed by atoms with E-state index in [1.807, 2.05) is 13.8 Å². The molecule has 2 aromatic rings. The van der Waals surface area contributed by atoms with Gasteiger partial charge in [0.25, 0.3) is 0 Å². The molecule has 3 rings (SSSR count). The summed E-state index contributed by atoms with van der Waals surface area (Å²) < 4.78 is 123. The lowest BCUT2D eigenvalue weighted by molar-refractivity contribution is -0.140. The molecule has 0 aliphatic heterocycles. The minimum absolute atomic E-state index is 0.196. The SMILES string of the molecule is CCCCCCCCc1c(F)c(F)c(-c2c(F)c(F)c(OC(=O)[C@H]3CC[C@H](CC)CC3)c(F)c2F)c(F)c1F. The molecule has 0 bridgehead atoms. The van der Waals surface area contributed by atoms with E-state index in [9.17, 15) is 39.9 Å². The topological polar surface area (TPSA) is 26.3 Å². The average molecular weight is 565 g/mol. The highest BCUT2D eigenvalue weighted by Crippen LogP contribution is 2.41. The lowest BCUT2D eigenvalue weighted by Gasteiger charge is -2.26. The molecule has 0 N–H and O–H groups in total. The van der Waals surface area contributed by atoms with Crippen molar-refractivity contribution in [1.29, 1.82) is 0 Å². The molecule has 0 radical (unpaired) electrons. The number of hydrogen-bond acceptors (Lipinski definition) is 2. The summed E-state index contributed by atoms with van der Waals surface area (Å²) in [5.41, 5.74) is -4.87. The molecule has 39 heavy (non-hydrogen) atoms.